The van der Waals surface area contributed by atoms with Gasteiger partial charge in [0.15, 0.2) is 21.0 Å². The minimum atomic E-state index is -3.23. The third kappa shape index (κ3) is 4.91. The van der Waals surface area contributed by atoms with Gasteiger partial charge in [0, 0.05) is 43.5 Å². The fourth-order valence-electron chi connectivity index (χ4n) is 4.01. The first kappa shape index (κ1) is 23.3. The molecular formula is C24H25ClN2O5S. The molecule has 1 aliphatic heterocycles. The van der Waals surface area contributed by atoms with Gasteiger partial charge in [-0.2, -0.15) is 0 Å². The first-order chi connectivity index (χ1) is 15.5. The zero-order chi connectivity index (χ0) is 23.9. The van der Waals surface area contributed by atoms with Crippen molar-refractivity contribution >= 4 is 44.0 Å². The Morgan fingerprint density at radius 1 is 1.15 bits per heavy atom. The number of carbonyl (C=O) groups is 1. The molecule has 7 nitrogen and oxygen atoms in total. The molecule has 0 aliphatic carbocycles. The number of rotatable bonds is 5. The maximum Gasteiger partial charge on any atom is 0.290 e. The first-order valence-corrected chi connectivity index (χ1v) is 12.8. The predicted molar refractivity (Wildman–Crippen MR) is 130 cm³/mol. The maximum atomic E-state index is 13.5. The van der Waals surface area contributed by atoms with Crippen molar-refractivity contribution in [1.82, 2.24) is 4.90 Å². The van der Waals surface area contributed by atoms with Gasteiger partial charge in [0.1, 0.15) is 5.58 Å². The fraction of sp³-hybridized carbons (Fsp3) is 0.333. The summed E-state index contributed by atoms with van der Waals surface area (Å²) < 4.78 is 30.1. The number of hydrogen-bond acceptors (Lipinski definition) is 6. The van der Waals surface area contributed by atoms with Gasteiger partial charge in [0.05, 0.1) is 16.9 Å². The van der Waals surface area contributed by atoms with E-state index in [1.807, 2.05) is 43.3 Å². The number of fused-ring (bicyclic) bond motifs is 1. The highest BCUT2D eigenvalue weighted by atomic mass is 35.5. The van der Waals surface area contributed by atoms with Crippen molar-refractivity contribution in [1.29, 1.82) is 0 Å². The average Bonchev–Trinajstić information content (AvgIpc) is 3.12. The maximum absolute atomic E-state index is 13.5. The van der Waals surface area contributed by atoms with Crippen molar-refractivity contribution in [2.45, 2.75) is 25.9 Å². The van der Waals surface area contributed by atoms with Crippen molar-refractivity contribution in [2.24, 2.45) is 0 Å². The van der Waals surface area contributed by atoms with Crippen LogP contribution in [0.15, 0.2) is 51.7 Å². The Bertz CT molecular complexity index is 1380. The number of halogens is 1. The minimum Gasteiger partial charge on any atom is -0.451 e. The monoisotopic (exact) mass is 488 g/mol. The molecule has 0 spiro atoms. The summed E-state index contributed by atoms with van der Waals surface area (Å²) >= 11 is 6.13. The molecule has 1 amide bonds. The second-order valence-electron chi connectivity index (χ2n) is 8.62. The molecule has 33 heavy (non-hydrogen) atoms. The number of sulfone groups is 1. The van der Waals surface area contributed by atoms with Crippen LogP contribution in [0.1, 0.15) is 28.1 Å². The SMILES string of the molecule is Cc1cc2oc(C(=O)N(Cc3ccc(N(C)C)cc3)[C@H]3CCS(=O)(=O)C3)cc(=O)c2cc1Cl. The summed E-state index contributed by atoms with van der Waals surface area (Å²) in [6, 6.07) is 11.5. The van der Waals surface area contributed by atoms with Gasteiger partial charge < -0.3 is 14.2 Å². The summed E-state index contributed by atoms with van der Waals surface area (Å²) in [5.41, 5.74) is 2.47. The molecule has 1 aliphatic rings. The van der Waals surface area contributed by atoms with Crippen LogP contribution in [0.3, 0.4) is 0 Å². The lowest BCUT2D eigenvalue weighted by Crippen LogP contribution is -2.40. The van der Waals surface area contributed by atoms with Crippen LogP contribution in [-0.2, 0) is 16.4 Å². The zero-order valence-electron chi connectivity index (χ0n) is 18.7. The Kier molecular flexibility index (Phi) is 6.24. The third-order valence-electron chi connectivity index (χ3n) is 5.93. The first-order valence-electron chi connectivity index (χ1n) is 10.6. The third-order valence-corrected chi connectivity index (χ3v) is 8.09. The molecule has 9 heteroatoms. The van der Waals surface area contributed by atoms with Crippen LogP contribution in [0.4, 0.5) is 5.69 Å². The Hall–Kier alpha value is -2.84. The van der Waals surface area contributed by atoms with Crippen molar-refractivity contribution in [3.05, 3.63) is 74.6 Å². The predicted octanol–water partition coefficient (Wildman–Crippen LogP) is 3.65. The van der Waals surface area contributed by atoms with E-state index < -0.39 is 21.8 Å². The van der Waals surface area contributed by atoms with E-state index in [0.29, 0.717) is 11.4 Å². The normalized spacial score (nSPS) is 17.3. The smallest absolute Gasteiger partial charge is 0.290 e. The van der Waals surface area contributed by atoms with E-state index >= 15 is 0 Å². The Morgan fingerprint density at radius 3 is 2.45 bits per heavy atom. The average molecular weight is 489 g/mol. The van der Waals surface area contributed by atoms with E-state index in [2.05, 4.69) is 0 Å². The van der Waals surface area contributed by atoms with Gasteiger partial charge in [-0.05, 0) is 48.7 Å². The van der Waals surface area contributed by atoms with E-state index in [1.54, 1.807) is 13.0 Å². The van der Waals surface area contributed by atoms with E-state index in [4.69, 9.17) is 16.0 Å². The number of anilines is 1. The van der Waals surface area contributed by atoms with Crippen LogP contribution < -0.4 is 10.3 Å². The van der Waals surface area contributed by atoms with Gasteiger partial charge in [-0.1, -0.05) is 23.7 Å². The van der Waals surface area contributed by atoms with Crippen LogP contribution in [0.5, 0.6) is 0 Å². The molecular weight excluding hydrogens is 464 g/mol. The van der Waals surface area contributed by atoms with E-state index in [-0.39, 0.29) is 40.2 Å². The summed E-state index contributed by atoms with van der Waals surface area (Å²) in [7, 11) is 0.644. The molecule has 1 saturated heterocycles. The lowest BCUT2D eigenvalue weighted by atomic mass is 10.1. The minimum absolute atomic E-state index is 0.0282. The van der Waals surface area contributed by atoms with Crippen LogP contribution >= 0.6 is 11.6 Å². The number of aryl methyl sites for hydroxylation is 1. The van der Waals surface area contributed by atoms with Crippen LogP contribution in [0.2, 0.25) is 5.02 Å². The second kappa shape index (κ2) is 8.83. The molecule has 4 rings (SSSR count). The molecule has 1 atom stereocenters. The molecule has 0 saturated carbocycles. The number of carbonyl (C=O) groups excluding carboxylic acids is 1. The van der Waals surface area contributed by atoms with Crippen molar-refractivity contribution < 1.29 is 17.6 Å². The lowest BCUT2D eigenvalue weighted by Gasteiger charge is -2.28. The topological polar surface area (TPSA) is 87.9 Å². The Morgan fingerprint density at radius 2 is 1.85 bits per heavy atom. The summed E-state index contributed by atoms with van der Waals surface area (Å²) in [5.74, 6) is -0.717. The molecule has 0 unspecified atom stereocenters. The van der Waals surface area contributed by atoms with Crippen LogP contribution in [-0.4, -0.2) is 50.9 Å². The van der Waals surface area contributed by atoms with E-state index in [0.717, 1.165) is 22.9 Å². The number of benzene rings is 2. The standard InChI is InChI=1S/C24H25ClN2O5S/c1-15-10-22-19(11-20(15)25)21(28)12-23(32-22)24(29)27(18-8-9-33(30,31)14-18)13-16-4-6-17(7-5-16)26(2)3/h4-7,10-12,18H,8-9,13-14H2,1-3H3/t18-/m0/s1. The molecule has 0 radical (unpaired) electrons. The molecule has 2 aromatic carbocycles. The van der Waals surface area contributed by atoms with Gasteiger partial charge in [0.2, 0.25) is 0 Å². The van der Waals surface area contributed by atoms with Crippen molar-refractivity contribution in [2.75, 3.05) is 30.5 Å². The summed E-state index contributed by atoms with van der Waals surface area (Å²) in [6.45, 7) is 1.98. The molecule has 0 bridgehead atoms. The van der Waals surface area contributed by atoms with Gasteiger partial charge in [-0.25, -0.2) is 8.42 Å². The lowest BCUT2D eigenvalue weighted by molar-refractivity contribution is 0.0648. The molecule has 1 fully saturated rings. The van der Waals surface area contributed by atoms with Crippen LogP contribution in [0.25, 0.3) is 11.0 Å². The highest BCUT2D eigenvalue weighted by Gasteiger charge is 2.36. The zero-order valence-corrected chi connectivity index (χ0v) is 20.2. The van der Waals surface area contributed by atoms with Gasteiger partial charge in [-0.15, -0.1) is 0 Å². The summed E-state index contributed by atoms with van der Waals surface area (Å²) in [4.78, 5) is 29.7. The van der Waals surface area contributed by atoms with E-state index in [9.17, 15) is 18.0 Å². The quantitative estimate of drug-likeness (QED) is 0.544. The number of nitrogens with zero attached hydrogens (tertiary/aromatic N) is 2. The summed E-state index contributed by atoms with van der Waals surface area (Å²) in [5, 5.41) is 0.726. The second-order valence-corrected chi connectivity index (χ2v) is 11.3. The molecule has 2 heterocycles. The Labute approximate surface area is 197 Å². The molecule has 0 N–H and O–H groups in total. The van der Waals surface area contributed by atoms with Crippen molar-refractivity contribution in [3.63, 3.8) is 0 Å². The largest absolute Gasteiger partial charge is 0.451 e. The summed E-state index contributed by atoms with van der Waals surface area (Å²) in [6.07, 6.45) is 0.344. The molecule has 174 valence electrons. The Balaban J connectivity index is 1.72. The van der Waals surface area contributed by atoms with Crippen molar-refractivity contribution in [3.8, 4) is 0 Å². The van der Waals surface area contributed by atoms with Crippen LogP contribution in [0, 0.1) is 6.92 Å². The highest BCUT2D eigenvalue weighted by molar-refractivity contribution is 7.91. The molecule has 1 aromatic heterocycles. The van der Waals surface area contributed by atoms with Gasteiger partial charge in [0.25, 0.3) is 5.91 Å². The van der Waals surface area contributed by atoms with Gasteiger partial charge in [-0.3, -0.25) is 9.59 Å². The highest BCUT2D eigenvalue weighted by Crippen LogP contribution is 2.26. The fourth-order valence-corrected chi connectivity index (χ4v) is 5.90. The van der Waals surface area contributed by atoms with E-state index in [1.165, 1.54) is 11.0 Å². The molecule has 3 aromatic rings. The number of hydrogen-bond donors (Lipinski definition) is 0. The van der Waals surface area contributed by atoms with Gasteiger partial charge >= 0.3 is 0 Å². The number of amides is 1.